The fourth-order valence-electron chi connectivity index (χ4n) is 3.00. The molecule has 2 aromatic rings. The molecule has 2 heterocycles. The lowest BCUT2D eigenvalue weighted by molar-refractivity contribution is 0.0924. The lowest BCUT2D eigenvalue weighted by atomic mass is 10.1. The van der Waals surface area contributed by atoms with Crippen LogP contribution in [0.15, 0.2) is 22.9 Å². The Kier molecular flexibility index (Phi) is 4.56. The molecule has 1 amide bonds. The first-order chi connectivity index (χ1) is 10.7. The minimum absolute atomic E-state index is 0.0166. The normalized spacial score (nSPS) is 16.4. The summed E-state index contributed by atoms with van der Waals surface area (Å²) in [6.07, 6.45) is 8.99. The maximum absolute atomic E-state index is 12.5. The number of carbonyl (C=O) groups excluding carboxylic acids is 1. The van der Waals surface area contributed by atoms with E-state index < -0.39 is 0 Å². The highest BCUT2D eigenvalue weighted by Crippen LogP contribution is 2.18. The van der Waals surface area contributed by atoms with Gasteiger partial charge in [-0.15, -0.1) is 0 Å². The third-order valence-corrected chi connectivity index (χ3v) is 4.13. The monoisotopic (exact) mass is 302 g/mol. The van der Waals surface area contributed by atoms with E-state index >= 15 is 0 Å². The molecule has 0 saturated heterocycles. The largest absolute Gasteiger partial charge is 0.348 e. The van der Waals surface area contributed by atoms with E-state index in [-0.39, 0.29) is 5.91 Å². The second-order valence-corrected chi connectivity index (χ2v) is 5.91. The summed E-state index contributed by atoms with van der Waals surface area (Å²) < 4.78 is 6.83. The molecule has 22 heavy (non-hydrogen) atoms. The summed E-state index contributed by atoms with van der Waals surface area (Å²) >= 11 is 0. The highest BCUT2D eigenvalue weighted by Gasteiger charge is 2.18. The summed E-state index contributed by atoms with van der Waals surface area (Å²) in [5, 5.41) is 7.05. The van der Waals surface area contributed by atoms with Gasteiger partial charge in [0.2, 0.25) is 5.89 Å². The molecule has 0 aliphatic heterocycles. The fourth-order valence-corrected chi connectivity index (χ4v) is 3.00. The predicted molar refractivity (Wildman–Crippen MR) is 81.5 cm³/mol. The van der Waals surface area contributed by atoms with Gasteiger partial charge in [0.05, 0.1) is 6.54 Å². The molecule has 0 atom stereocenters. The molecule has 6 heteroatoms. The Morgan fingerprint density at radius 3 is 2.82 bits per heavy atom. The maximum atomic E-state index is 12.5. The number of hydrogen-bond acceptors (Lipinski definition) is 4. The molecular weight excluding hydrogens is 280 g/mol. The van der Waals surface area contributed by atoms with E-state index in [2.05, 4.69) is 15.5 Å². The third kappa shape index (κ3) is 3.55. The molecule has 0 unspecified atom stereocenters. The van der Waals surface area contributed by atoms with Gasteiger partial charge in [-0.05, 0) is 25.0 Å². The number of amides is 1. The molecule has 1 N–H and O–H groups in total. The summed E-state index contributed by atoms with van der Waals surface area (Å²) in [7, 11) is 0. The second kappa shape index (κ2) is 6.77. The minimum Gasteiger partial charge on any atom is -0.348 e. The Hall–Kier alpha value is -2.11. The molecule has 3 rings (SSSR count). The summed E-state index contributed by atoms with van der Waals surface area (Å²) in [5.41, 5.74) is 0.645. The number of carbonyl (C=O) groups is 1. The predicted octanol–water partition coefficient (Wildman–Crippen LogP) is 2.68. The summed E-state index contributed by atoms with van der Waals surface area (Å²) in [4.78, 5) is 16.7. The van der Waals surface area contributed by atoms with Crippen LogP contribution in [0.5, 0.6) is 0 Å². The molecule has 1 aliphatic rings. The van der Waals surface area contributed by atoms with Crippen LogP contribution < -0.4 is 5.32 Å². The Bertz CT molecular complexity index is 624. The number of aromatic nitrogens is 3. The van der Waals surface area contributed by atoms with Crippen LogP contribution in [0, 0.1) is 6.92 Å². The van der Waals surface area contributed by atoms with E-state index in [1.807, 2.05) is 22.9 Å². The van der Waals surface area contributed by atoms with Crippen molar-refractivity contribution in [2.24, 2.45) is 0 Å². The molecule has 2 aromatic heterocycles. The van der Waals surface area contributed by atoms with Gasteiger partial charge >= 0.3 is 0 Å². The van der Waals surface area contributed by atoms with E-state index in [1.165, 1.54) is 25.7 Å². The first kappa shape index (κ1) is 14.8. The van der Waals surface area contributed by atoms with Crippen molar-refractivity contribution >= 4 is 5.91 Å². The van der Waals surface area contributed by atoms with E-state index in [4.69, 9.17) is 4.52 Å². The highest BCUT2D eigenvalue weighted by atomic mass is 16.5. The lowest BCUT2D eigenvalue weighted by Gasteiger charge is -2.16. The molecular formula is C16H22N4O2. The van der Waals surface area contributed by atoms with Crippen molar-refractivity contribution in [3.63, 3.8) is 0 Å². The molecule has 0 bridgehead atoms. The zero-order valence-corrected chi connectivity index (χ0v) is 12.9. The second-order valence-electron chi connectivity index (χ2n) is 5.91. The standard InChI is InChI=1S/C16H22N4O2/c1-12-17-15(19-22-12)11-20-10-6-9-14(20)16(21)18-13-7-4-2-3-5-8-13/h6,9-10,13H,2-5,7-8,11H2,1H3,(H,18,21). The zero-order chi connectivity index (χ0) is 15.4. The Morgan fingerprint density at radius 2 is 2.14 bits per heavy atom. The number of nitrogens with one attached hydrogen (secondary N) is 1. The molecule has 118 valence electrons. The van der Waals surface area contributed by atoms with Crippen LogP contribution in [0.2, 0.25) is 0 Å². The van der Waals surface area contributed by atoms with E-state index in [9.17, 15) is 4.79 Å². The van der Waals surface area contributed by atoms with Crippen molar-refractivity contribution in [3.05, 3.63) is 35.7 Å². The van der Waals surface area contributed by atoms with Crippen LogP contribution in [-0.2, 0) is 6.54 Å². The van der Waals surface area contributed by atoms with Gasteiger partial charge in [-0.1, -0.05) is 30.8 Å². The van der Waals surface area contributed by atoms with Crippen LogP contribution >= 0.6 is 0 Å². The Balaban J connectivity index is 1.66. The number of rotatable bonds is 4. The first-order valence-corrected chi connectivity index (χ1v) is 7.97. The summed E-state index contributed by atoms with van der Waals surface area (Å²) in [6.45, 7) is 2.20. The highest BCUT2D eigenvalue weighted by molar-refractivity contribution is 5.92. The molecule has 1 fully saturated rings. The van der Waals surface area contributed by atoms with E-state index in [0.717, 1.165) is 12.8 Å². The van der Waals surface area contributed by atoms with Crippen LogP contribution in [0.25, 0.3) is 0 Å². The van der Waals surface area contributed by atoms with E-state index in [1.54, 1.807) is 6.92 Å². The van der Waals surface area contributed by atoms with Gasteiger partial charge in [0.15, 0.2) is 5.82 Å². The Labute approximate surface area is 129 Å². The third-order valence-electron chi connectivity index (χ3n) is 4.13. The first-order valence-electron chi connectivity index (χ1n) is 7.97. The van der Waals surface area contributed by atoms with Crippen molar-refractivity contribution in [1.29, 1.82) is 0 Å². The smallest absolute Gasteiger partial charge is 0.268 e. The zero-order valence-electron chi connectivity index (χ0n) is 12.9. The van der Waals surface area contributed by atoms with Gasteiger partial charge in [-0.25, -0.2) is 0 Å². The van der Waals surface area contributed by atoms with Gasteiger partial charge in [-0.3, -0.25) is 4.79 Å². The van der Waals surface area contributed by atoms with Crippen molar-refractivity contribution in [1.82, 2.24) is 20.0 Å². The van der Waals surface area contributed by atoms with E-state index in [0.29, 0.717) is 30.0 Å². The molecule has 1 aliphatic carbocycles. The molecule has 1 saturated carbocycles. The van der Waals surface area contributed by atoms with Crippen LogP contribution in [0.4, 0.5) is 0 Å². The number of aryl methyl sites for hydroxylation is 1. The van der Waals surface area contributed by atoms with Crippen molar-refractivity contribution < 1.29 is 9.32 Å². The average Bonchev–Trinajstić information content (AvgIpc) is 3.03. The topological polar surface area (TPSA) is 73.0 Å². The maximum Gasteiger partial charge on any atom is 0.268 e. The van der Waals surface area contributed by atoms with Gasteiger partial charge in [0.25, 0.3) is 5.91 Å². The van der Waals surface area contributed by atoms with Crippen molar-refractivity contribution in [3.8, 4) is 0 Å². The molecule has 0 radical (unpaired) electrons. The Morgan fingerprint density at radius 1 is 1.36 bits per heavy atom. The summed E-state index contributed by atoms with van der Waals surface area (Å²) in [6, 6.07) is 4.00. The molecule has 0 aromatic carbocycles. The number of nitrogens with zero attached hydrogens (tertiary/aromatic N) is 3. The van der Waals surface area contributed by atoms with Crippen LogP contribution in [-0.4, -0.2) is 26.7 Å². The van der Waals surface area contributed by atoms with Crippen LogP contribution in [0.3, 0.4) is 0 Å². The van der Waals surface area contributed by atoms with Gasteiger partial charge < -0.3 is 14.4 Å². The van der Waals surface area contributed by atoms with Crippen LogP contribution in [0.1, 0.15) is 60.7 Å². The molecule has 0 spiro atoms. The molecule has 6 nitrogen and oxygen atoms in total. The van der Waals surface area contributed by atoms with Gasteiger partial charge in [0.1, 0.15) is 5.69 Å². The minimum atomic E-state index is -0.0166. The van der Waals surface area contributed by atoms with Gasteiger partial charge in [0, 0.05) is 19.2 Å². The average molecular weight is 302 g/mol. The fraction of sp³-hybridized carbons (Fsp3) is 0.562. The van der Waals surface area contributed by atoms with Crippen molar-refractivity contribution in [2.45, 2.75) is 58.0 Å². The lowest BCUT2D eigenvalue weighted by Crippen LogP contribution is -2.35. The van der Waals surface area contributed by atoms with Gasteiger partial charge in [-0.2, -0.15) is 4.98 Å². The number of hydrogen-bond donors (Lipinski definition) is 1. The van der Waals surface area contributed by atoms with Crippen molar-refractivity contribution in [2.75, 3.05) is 0 Å². The SMILES string of the molecule is Cc1nc(Cn2cccc2C(=O)NC2CCCCCC2)no1. The summed E-state index contributed by atoms with van der Waals surface area (Å²) in [5.74, 6) is 1.10. The quantitative estimate of drug-likeness (QED) is 0.881.